The normalized spacial score (nSPS) is 25.1. The molecule has 2 aromatic rings. The van der Waals surface area contributed by atoms with E-state index in [0.717, 1.165) is 6.26 Å². The summed E-state index contributed by atoms with van der Waals surface area (Å²) in [7, 11) is -1.99. The van der Waals surface area contributed by atoms with Crippen molar-refractivity contribution in [2.45, 2.75) is 24.2 Å². The van der Waals surface area contributed by atoms with Gasteiger partial charge in [-0.3, -0.25) is 0 Å². The highest BCUT2D eigenvalue weighted by Gasteiger charge is 2.41. The van der Waals surface area contributed by atoms with Crippen molar-refractivity contribution in [3.8, 4) is 5.75 Å². The number of aromatic nitrogens is 2. The lowest BCUT2D eigenvalue weighted by Gasteiger charge is -2.36. The summed E-state index contributed by atoms with van der Waals surface area (Å²) < 4.78 is 50.8. The molecule has 0 amide bonds. The monoisotopic (exact) mass is 479 g/mol. The number of benzene rings is 1. The quantitative estimate of drug-likeness (QED) is 0.458. The lowest BCUT2D eigenvalue weighted by Crippen LogP contribution is -2.45. The zero-order chi connectivity index (χ0) is 19.7. The second-order valence-corrected chi connectivity index (χ2v) is 9.88. The van der Waals surface area contributed by atoms with Gasteiger partial charge in [0.25, 0.3) is 0 Å². The van der Waals surface area contributed by atoms with Gasteiger partial charge in [0, 0.05) is 19.2 Å². The second-order valence-electron chi connectivity index (χ2n) is 6.80. The minimum Gasteiger partial charge on any atom is -0.488 e. The summed E-state index contributed by atoms with van der Waals surface area (Å²) in [5, 5.41) is -0.164. The average Bonchev–Trinajstić information content (AvgIpc) is 3.09. The number of hydrogen-bond acceptors (Lipinski definition) is 7. The smallest absolute Gasteiger partial charge is 0.249 e. The third kappa shape index (κ3) is 2.88. The van der Waals surface area contributed by atoms with Gasteiger partial charge in [0.15, 0.2) is 11.6 Å². The van der Waals surface area contributed by atoms with E-state index >= 15 is 0 Å². The topological polar surface area (TPSA) is 81.6 Å². The van der Waals surface area contributed by atoms with Crippen LogP contribution in [0, 0.1) is 11.7 Å². The van der Waals surface area contributed by atoms with Crippen molar-refractivity contribution in [2.24, 2.45) is 5.92 Å². The Hall–Kier alpha value is -1.23. The van der Waals surface area contributed by atoms with Gasteiger partial charge < -0.3 is 14.4 Å². The maximum absolute atomic E-state index is 15.0. The van der Waals surface area contributed by atoms with Crippen LogP contribution < -0.4 is 9.64 Å². The molecule has 3 atom stereocenters. The van der Waals surface area contributed by atoms with Crippen LogP contribution in [0.3, 0.4) is 0 Å². The first-order chi connectivity index (χ1) is 12.6. The summed E-state index contributed by atoms with van der Waals surface area (Å²) in [6, 6.07) is -0.107. The van der Waals surface area contributed by atoms with Crippen LogP contribution in [0.4, 0.5) is 10.2 Å². The number of halogens is 3. The molecule has 146 valence electrons. The summed E-state index contributed by atoms with van der Waals surface area (Å²) in [6.07, 6.45) is 0.717. The lowest BCUT2D eigenvalue weighted by atomic mass is 9.95. The Kier molecular flexibility index (Phi) is 4.53. The fourth-order valence-electron chi connectivity index (χ4n) is 3.58. The van der Waals surface area contributed by atoms with Crippen molar-refractivity contribution in [3.63, 3.8) is 0 Å². The van der Waals surface area contributed by atoms with Gasteiger partial charge >= 0.3 is 0 Å². The first-order valence-corrected chi connectivity index (χ1v) is 11.2. The third-order valence-corrected chi connectivity index (χ3v) is 7.23. The van der Waals surface area contributed by atoms with E-state index in [1.54, 1.807) is 7.05 Å². The summed E-state index contributed by atoms with van der Waals surface area (Å²) in [5.74, 6) is -0.290. The number of ether oxygens (including phenoxy) is 2. The van der Waals surface area contributed by atoms with Gasteiger partial charge in [-0.1, -0.05) is 11.6 Å². The standard InChI is InChI=1S/C16H16BrClFN3O4S/c1-6-7-4-25-5-8(7)22(2)15-9-13(20-16(21-15)27(3,23)24)12(19)10(17)11(18)14(9)26-6/h6-8H,4-5H2,1-3H3. The number of rotatable bonds is 1. The lowest BCUT2D eigenvalue weighted by molar-refractivity contribution is 0.121. The van der Waals surface area contributed by atoms with Crippen LogP contribution in [0.2, 0.25) is 5.02 Å². The van der Waals surface area contributed by atoms with E-state index in [-0.39, 0.29) is 50.0 Å². The molecule has 0 saturated carbocycles. The second kappa shape index (κ2) is 6.40. The number of fused-ring (bicyclic) bond motifs is 1. The summed E-state index contributed by atoms with van der Waals surface area (Å²) >= 11 is 9.48. The summed E-state index contributed by atoms with van der Waals surface area (Å²) in [4.78, 5) is 10.0. The van der Waals surface area contributed by atoms with Crippen molar-refractivity contribution < 1.29 is 22.3 Å². The Morgan fingerprint density at radius 2 is 2.04 bits per heavy atom. The molecule has 2 aliphatic heterocycles. The molecule has 0 radical (unpaired) electrons. The molecule has 1 saturated heterocycles. The molecule has 7 nitrogen and oxygen atoms in total. The molecule has 2 aliphatic rings. The summed E-state index contributed by atoms with van der Waals surface area (Å²) in [6.45, 7) is 2.81. The van der Waals surface area contributed by atoms with E-state index < -0.39 is 20.8 Å². The molecular formula is C16H16BrClFN3O4S. The van der Waals surface area contributed by atoms with Crippen molar-refractivity contribution in [2.75, 3.05) is 31.4 Å². The molecule has 0 aliphatic carbocycles. The first kappa shape index (κ1) is 19.1. The van der Waals surface area contributed by atoms with Crippen LogP contribution in [0.15, 0.2) is 9.63 Å². The zero-order valence-electron chi connectivity index (χ0n) is 14.7. The van der Waals surface area contributed by atoms with Crippen LogP contribution in [0.1, 0.15) is 6.92 Å². The molecule has 0 bridgehead atoms. The minimum absolute atomic E-state index is 0.00902. The van der Waals surface area contributed by atoms with E-state index in [1.165, 1.54) is 0 Å². The van der Waals surface area contributed by atoms with Gasteiger partial charge in [-0.2, -0.15) is 0 Å². The Balaban J connectivity index is 2.15. The number of sulfone groups is 1. The van der Waals surface area contributed by atoms with Crippen molar-refractivity contribution in [1.29, 1.82) is 0 Å². The number of likely N-dealkylation sites (N-methyl/N-ethyl adjacent to an activating group) is 1. The van der Waals surface area contributed by atoms with Crippen LogP contribution in [-0.2, 0) is 14.6 Å². The van der Waals surface area contributed by atoms with Crippen molar-refractivity contribution >= 4 is 54.1 Å². The highest BCUT2D eigenvalue weighted by molar-refractivity contribution is 9.10. The number of nitrogens with zero attached hydrogens (tertiary/aromatic N) is 3. The molecule has 1 aromatic carbocycles. The van der Waals surface area contributed by atoms with Gasteiger partial charge in [-0.05, 0) is 22.9 Å². The molecule has 4 rings (SSSR count). The van der Waals surface area contributed by atoms with Gasteiger partial charge in [0.1, 0.15) is 22.5 Å². The Bertz CT molecular complexity index is 1070. The van der Waals surface area contributed by atoms with E-state index in [4.69, 9.17) is 21.1 Å². The Morgan fingerprint density at radius 3 is 2.70 bits per heavy atom. The van der Waals surface area contributed by atoms with Crippen molar-refractivity contribution in [1.82, 2.24) is 9.97 Å². The van der Waals surface area contributed by atoms with Crippen LogP contribution in [0.5, 0.6) is 5.75 Å². The van der Waals surface area contributed by atoms with E-state index in [0.29, 0.717) is 13.2 Å². The molecule has 27 heavy (non-hydrogen) atoms. The minimum atomic E-state index is -3.77. The number of anilines is 1. The van der Waals surface area contributed by atoms with Gasteiger partial charge in [-0.25, -0.2) is 22.8 Å². The Labute approximate surface area is 168 Å². The largest absolute Gasteiger partial charge is 0.488 e. The molecule has 1 aromatic heterocycles. The Morgan fingerprint density at radius 1 is 1.33 bits per heavy atom. The molecule has 3 unspecified atom stereocenters. The van der Waals surface area contributed by atoms with Crippen LogP contribution >= 0.6 is 27.5 Å². The van der Waals surface area contributed by atoms with E-state index in [9.17, 15) is 12.8 Å². The number of hydrogen-bond donors (Lipinski definition) is 0. The van der Waals surface area contributed by atoms with Crippen molar-refractivity contribution in [3.05, 3.63) is 15.3 Å². The van der Waals surface area contributed by atoms with Crippen LogP contribution in [0.25, 0.3) is 10.9 Å². The zero-order valence-corrected chi connectivity index (χ0v) is 17.8. The van der Waals surface area contributed by atoms with E-state index in [2.05, 4.69) is 25.9 Å². The predicted octanol–water partition coefficient (Wildman–Crippen LogP) is 2.82. The van der Waals surface area contributed by atoms with Gasteiger partial charge in [-0.15, -0.1) is 0 Å². The first-order valence-electron chi connectivity index (χ1n) is 8.16. The third-order valence-electron chi connectivity index (χ3n) is 5.05. The average molecular weight is 481 g/mol. The predicted molar refractivity (Wildman–Crippen MR) is 102 cm³/mol. The molecule has 3 heterocycles. The molecule has 0 spiro atoms. The van der Waals surface area contributed by atoms with Gasteiger partial charge in [0.05, 0.1) is 29.1 Å². The van der Waals surface area contributed by atoms with Crippen LogP contribution in [-0.4, -0.2) is 57.0 Å². The maximum Gasteiger partial charge on any atom is 0.249 e. The molecule has 11 heteroatoms. The van der Waals surface area contributed by atoms with Gasteiger partial charge in [0.2, 0.25) is 15.0 Å². The SMILES string of the molecule is CC1Oc2c(Cl)c(Br)c(F)c3nc(S(C)(=O)=O)nc(c23)N(C)C2COCC12. The maximum atomic E-state index is 15.0. The highest BCUT2D eigenvalue weighted by atomic mass is 79.9. The molecular weight excluding hydrogens is 465 g/mol. The highest BCUT2D eigenvalue weighted by Crippen LogP contribution is 2.47. The van der Waals surface area contributed by atoms with E-state index in [1.807, 2.05) is 11.8 Å². The summed E-state index contributed by atoms with van der Waals surface area (Å²) in [5.41, 5.74) is -0.164. The molecule has 0 N–H and O–H groups in total. The molecule has 1 fully saturated rings. The fourth-order valence-corrected chi connectivity index (χ4v) is 4.67. The fraction of sp³-hybridized carbons (Fsp3) is 0.500.